The molecular formula is C19H30O. The average molecular weight is 274 g/mol. The normalized spacial score (nSPS) is 22.7. The van der Waals surface area contributed by atoms with Gasteiger partial charge in [-0.05, 0) is 55.7 Å². The smallest absolute Gasteiger partial charge is 0.119 e. The van der Waals surface area contributed by atoms with Gasteiger partial charge in [-0.15, -0.1) is 0 Å². The Hall–Kier alpha value is -0.980. The van der Waals surface area contributed by atoms with E-state index in [1.54, 1.807) is 0 Å². The van der Waals surface area contributed by atoms with E-state index in [-0.39, 0.29) is 0 Å². The first-order valence-electron chi connectivity index (χ1n) is 8.53. The fraction of sp³-hybridized carbons (Fsp3) is 0.684. The predicted octanol–water partition coefficient (Wildman–Crippen LogP) is 5.62. The minimum atomic E-state index is 0.750. The molecule has 0 heterocycles. The van der Waals surface area contributed by atoms with Crippen LogP contribution >= 0.6 is 0 Å². The summed E-state index contributed by atoms with van der Waals surface area (Å²) in [7, 11) is 0. The molecule has 1 aliphatic rings. The zero-order valence-corrected chi connectivity index (χ0v) is 13.2. The lowest BCUT2D eigenvalue weighted by atomic mass is 9.77. The van der Waals surface area contributed by atoms with Gasteiger partial charge in [-0.2, -0.15) is 0 Å². The second kappa shape index (κ2) is 8.34. The van der Waals surface area contributed by atoms with Gasteiger partial charge in [0.15, 0.2) is 0 Å². The van der Waals surface area contributed by atoms with Gasteiger partial charge >= 0.3 is 0 Å². The first-order valence-corrected chi connectivity index (χ1v) is 8.53. The molecule has 2 rings (SSSR count). The summed E-state index contributed by atoms with van der Waals surface area (Å²) in [5.41, 5.74) is 1.46. The summed E-state index contributed by atoms with van der Waals surface area (Å²) in [4.78, 5) is 0. The van der Waals surface area contributed by atoms with Crippen LogP contribution in [0.15, 0.2) is 24.3 Å². The predicted molar refractivity (Wildman–Crippen MR) is 86.3 cm³/mol. The molecule has 0 aromatic heterocycles. The van der Waals surface area contributed by atoms with Gasteiger partial charge in [0.25, 0.3) is 0 Å². The summed E-state index contributed by atoms with van der Waals surface area (Å²) in [5.74, 6) is 2.97. The van der Waals surface area contributed by atoms with E-state index in [2.05, 4.69) is 31.2 Å². The van der Waals surface area contributed by atoms with Crippen LogP contribution in [0, 0.1) is 11.8 Å². The van der Waals surface area contributed by atoms with Crippen molar-refractivity contribution in [3.8, 4) is 5.75 Å². The minimum absolute atomic E-state index is 0.750. The molecule has 1 aromatic carbocycles. The standard InChI is InChI=1S/C19H30O/c1-3-6-17-7-5-8-18(15-17)10-9-16-11-13-19(14-12-16)20-4-2/h11-14,17-18H,3-10,15H2,1-2H3/t17-,18+/m0/s1. The van der Waals surface area contributed by atoms with Crippen LogP contribution < -0.4 is 4.74 Å². The Labute approximate surface area is 124 Å². The van der Waals surface area contributed by atoms with Crippen molar-refractivity contribution in [2.75, 3.05) is 6.61 Å². The Bertz CT molecular complexity index is 366. The molecule has 1 fully saturated rings. The van der Waals surface area contributed by atoms with Crippen molar-refractivity contribution in [2.24, 2.45) is 11.8 Å². The third kappa shape index (κ3) is 4.85. The van der Waals surface area contributed by atoms with Crippen LogP contribution in [0.1, 0.15) is 64.4 Å². The molecule has 0 saturated heterocycles. The Morgan fingerprint density at radius 2 is 1.70 bits per heavy atom. The second-order valence-electron chi connectivity index (χ2n) is 6.30. The molecule has 2 atom stereocenters. The van der Waals surface area contributed by atoms with Gasteiger partial charge in [0.2, 0.25) is 0 Å². The average Bonchev–Trinajstić information content (AvgIpc) is 2.48. The zero-order chi connectivity index (χ0) is 14.2. The van der Waals surface area contributed by atoms with E-state index in [9.17, 15) is 0 Å². The highest BCUT2D eigenvalue weighted by atomic mass is 16.5. The zero-order valence-electron chi connectivity index (χ0n) is 13.2. The van der Waals surface area contributed by atoms with Crippen LogP contribution in [0.25, 0.3) is 0 Å². The topological polar surface area (TPSA) is 9.23 Å². The van der Waals surface area contributed by atoms with Crippen molar-refractivity contribution in [1.29, 1.82) is 0 Å². The molecule has 1 heteroatoms. The van der Waals surface area contributed by atoms with E-state index in [1.165, 1.54) is 56.9 Å². The molecule has 1 saturated carbocycles. The summed E-state index contributed by atoms with van der Waals surface area (Å²) in [5, 5.41) is 0. The molecule has 0 spiro atoms. The van der Waals surface area contributed by atoms with Gasteiger partial charge in [0.05, 0.1) is 6.61 Å². The maximum absolute atomic E-state index is 5.50. The first-order chi connectivity index (χ1) is 9.81. The van der Waals surface area contributed by atoms with E-state index in [0.717, 1.165) is 24.2 Å². The van der Waals surface area contributed by atoms with Crippen LogP contribution in [0.3, 0.4) is 0 Å². The fourth-order valence-electron chi connectivity index (χ4n) is 3.62. The van der Waals surface area contributed by atoms with Crippen LogP contribution in [0.5, 0.6) is 5.75 Å². The lowest BCUT2D eigenvalue weighted by Crippen LogP contribution is -2.16. The molecule has 0 amide bonds. The highest BCUT2D eigenvalue weighted by molar-refractivity contribution is 5.27. The van der Waals surface area contributed by atoms with Crippen LogP contribution in [-0.4, -0.2) is 6.61 Å². The van der Waals surface area contributed by atoms with Crippen molar-refractivity contribution in [2.45, 2.75) is 65.2 Å². The number of aryl methyl sites for hydroxylation is 1. The monoisotopic (exact) mass is 274 g/mol. The molecule has 0 bridgehead atoms. The summed E-state index contributed by atoms with van der Waals surface area (Å²) in [6.07, 6.45) is 11.3. The number of ether oxygens (including phenoxy) is 1. The van der Waals surface area contributed by atoms with Gasteiger partial charge < -0.3 is 4.74 Å². The third-order valence-corrected chi connectivity index (χ3v) is 4.66. The Kier molecular flexibility index (Phi) is 6.42. The van der Waals surface area contributed by atoms with Crippen molar-refractivity contribution in [3.63, 3.8) is 0 Å². The van der Waals surface area contributed by atoms with Gasteiger partial charge in [0.1, 0.15) is 5.75 Å². The molecule has 112 valence electrons. The molecule has 1 aliphatic carbocycles. The molecule has 1 aromatic rings. The van der Waals surface area contributed by atoms with E-state index in [1.807, 2.05) is 6.92 Å². The van der Waals surface area contributed by atoms with Crippen molar-refractivity contribution in [1.82, 2.24) is 0 Å². The van der Waals surface area contributed by atoms with Crippen LogP contribution in [0.2, 0.25) is 0 Å². The lowest BCUT2D eigenvalue weighted by molar-refractivity contribution is 0.243. The van der Waals surface area contributed by atoms with Crippen molar-refractivity contribution < 1.29 is 4.74 Å². The summed E-state index contributed by atoms with van der Waals surface area (Å²) < 4.78 is 5.50. The molecule has 0 radical (unpaired) electrons. The van der Waals surface area contributed by atoms with E-state index in [4.69, 9.17) is 4.74 Å². The summed E-state index contributed by atoms with van der Waals surface area (Å²) in [6.45, 7) is 5.10. The molecule has 0 N–H and O–H groups in total. The number of hydrogen-bond acceptors (Lipinski definition) is 1. The fourth-order valence-corrected chi connectivity index (χ4v) is 3.62. The van der Waals surface area contributed by atoms with Gasteiger partial charge in [-0.25, -0.2) is 0 Å². The summed E-state index contributed by atoms with van der Waals surface area (Å²) >= 11 is 0. The Morgan fingerprint density at radius 3 is 2.35 bits per heavy atom. The minimum Gasteiger partial charge on any atom is -0.494 e. The molecule has 0 unspecified atom stereocenters. The van der Waals surface area contributed by atoms with Gasteiger partial charge in [-0.3, -0.25) is 0 Å². The molecule has 1 nitrogen and oxygen atoms in total. The maximum atomic E-state index is 5.50. The first kappa shape index (κ1) is 15.4. The summed E-state index contributed by atoms with van der Waals surface area (Å²) in [6, 6.07) is 8.69. The van der Waals surface area contributed by atoms with Crippen LogP contribution in [0.4, 0.5) is 0 Å². The Morgan fingerprint density at radius 1 is 1.00 bits per heavy atom. The molecule has 0 aliphatic heterocycles. The van der Waals surface area contributed by atoms with Crippen molar-refractivity contribution in [3.05, 3.63) is 29.8 Å². The molecular weight excluding hydrogens is 244 g/mol. The third-order valence-electron chi connectivity index (χ3n) is 4.66. The maximum Gasteiger partial charge on any atom is 0.119 e. The number of rotatable bonds is 7. The van der Waals surface area contributed by atoms with Crippen LogP contribution in [-0.2, 0) is 6.42 Å². The highest BCUT2D eigenvalue weighted by Crippen LogP contribution is 2.34. The van der Waals surface area contributed by atoms with E-state index in [0.29, 0.717) is 0 Å². The number of benzene rings is 1. The number of hydrogen-bond donors (Lipinski definition) is 0. The molecule has 20 heavy (non-hydrogen) atoms. The van der Waals surface area contributed by atoms with Crippen molar-refractivity contribution >= 4 is 0 Å². The highest BCUT2D eigenvalue weighted by Gasteiger charge is 2.20. The largest absolute Gasteiger partial charge is 0.494 e. The lowest BCUT2D eigenvalue weighted by Gasteiger charge is -2.29. The Balaban J connectivity index is 1.76. The van der Waals surface area contributed by atoms with Gasteiger partial charge in [-0.1, -0.05) is 51.2 Å². The second-order valence-corrected chi connectivity index (χ2v) is 6.30. The quantitative estimate of drug-likeness (QED) is 0.626. The van der Waals surface area contributed by atoms with Gasteiger partial charge in [0, 0.05) is 0 Å². The van der Waals surface area contributed by atoms with E-state index < -0.39 is 0 Å². The van der Waals surface area contributed by atoms with E-state index >= 15 is 0 Å². The SMILES string of the molecule is CCC[C@H]1CCC[C@H](CCc2ccc(OCC)cc2)C1.